The molecule has 0 atom stereocenters. The second-order valence-corrected chi connectivity index (χ2v) is 5.89. The van der Waals surface area contributed by atoms with E-state index >= 15 is 0 Å². The summed E-state index contributed by atoms with van der Waals surface area (Å²) in [5.74, 6) is -2.16. The number of aromatic carboxylic acids is 1. The molecule has 11 heteroatoms. The average molecular weight is 395 g/mol. The molecular formula is C15H8Cl2N4O5. The van der Waals surface area contributed by atoms with Gasteiger partial charge in [0.2, 0.25) is 11.8 Å². The number of nitrogens with zero attached hydrogens (tertiary/aromatic N) is 3. The smallest absolute Gasteiger partial charge is 0.338 e. The minimum absolute atomic E-state index is 0.121. The lowest BCUT2D eigenvalue weighted by atomic mass is 10.1. The normalized spacial score (nSPS) is 10.7. The van der Waals surface area contributed by atoms with E-state index in [1.165, 1.54) is 12.1 Å². The monoisotopic (exact) mass is 394 g/mol. The van der Waals surface area contributed by atoms with Gasteiger partial charge in [-0.05, 0) is 18.2 Å². The van der Waals surface area contributed by atoms with Gasteiger partial charge in [-0.15, -0.1) is 0 Å². The number of hydrogen-bond donors (Lipinski definition) is 3. The van der Waals surface area contributed by atoms with Gasteiger partial charge in [-0.2, -0.15) is 4.98 Å². The van der Waals surface area contributed by atoms with E-state index in [4.69, 9.17) is 23.2 Å². The second-order valence-electron chi connectivity index (χ2n) is 5.08. The number of carboxylic acid groups (broad SMARTS) is 1. The number of benzene rings is 2. The van der Waals surface area contributed by atoms with E-state index in [9.17, 15) is 25.1 Å². The van der Waals surface area contributed by atoms with Crippen molar-refractivity contribution in [2.24, 2.45) is 0 Å². The summed E-state index contributed by atoms with van der Waals surface area (Å²) >= 11 is 11.7. The Labute approximate surface area is 155 Å². The van der Waals surface area contributed by atoms with Crippen LogP contribution in [0.25, 0.3) is 10.9 Å². The van der Waals surface area contributed by atoms with E-state index in [-0.39, 0.29) is 21.9 Å². The summed E-state index contributed by atoms with van der Waals surface area (Å²) in [7, 11) is 0. The highest BCUT2D eigenvalue weighted by atomic mass is 35.5. The predicted molar refractivity (Wildman–Crippen MR) is 94.6 cm³/mol. The van der Waals surface area contributed by atoms with Gasteiger partial charge in [-0.3, -0.25) is 10.1 Å². The largest absolute Gasteiger partial charge is 0.493 e. The Balaban J connectivity index is 2.15. The van der Waals surface area contributed by atoms with Crippen LogP contribution < -0.4 is 5.32 Å². The van der Waals surface area contributed by atoms with E-state index in [2.05, 4.69) is 15.3 Å². The molecule has 26 heavy (non-hydrogen) atoms. The van der Waals surface area contributed by atoms with Gasteiger partial charge in [0.15, 0.2) is 0 Å². The zero-order valence-corrected chi connectivity index (χ0v) is 14.1. The number of carbonyl (C=O) groups is 1. The predicted octanol–water partition coefficient (Wildman–Crippen LogP) is 3.99. The molecule has 0 saturated heterocycles. The molecule has 0 spiro atoms. The van der Waals surface area contributed by atoms with Crippen LogP contribution in [0.1, 0.15) is 10.4 Å². The van der Waals surface area contributed by atoms with Crippen molar-refractivity contribution in [3.63, 3.8) is 0 Å². The van der Waals surface area contributed by atoms with Crippen molar-refractivity contribution < 1.29 is 19.9 Å². The van der Waals surface area contributed by atoms with E-state index in [1.54, 1.807) is 6.07 Å². The fourth-order valence-corrected chi connectivity index (χ4v) is 2.53. The lowest BCUT2D eigenvalue weighted by Crippen LogP contribution is -2.04. The SMILES string of the molecule is O=C(O)c1cc([N+](=O)[O-])cc2c(O)nc(Nc3ccc(Cl)c(Cl)c3)nc12. The number of nitro benzene ring substituents is 1. The molecule has 9 nitrogen and oxygen atoms in total. The van der Waals surface area contributed by atoms with Crippen LogP contribution >= 0.6 is 23.2 Å². The molecule has 3 aromatic rings. The maximum Gasteiger partial charge on any atom is 0.338 e. The van der Waals surface area contributed by atoms with Gasteiger partial charge in [0.25, 0.3) is 5.69 Å². The van der Waals surface area contributed by atoms with Crippen LogP contribution in [-0.2, 0) is 0 Å². The van der Waals surface area contributed by atoms with Crippen molar-refractivity contribution in [2.45, 2.75) is 0 Å². The van der Waals surface area contributed by atoms with Crippen LogP contribution in [-0.4, -0.2) is 31.1 Å². The van der Waals surface area contributed by atoms with Gasteiger partial charge >= 0.3 is 5.97 Å². The first kappa shape index (κ1) is 17.6. The quantitative estimate of drug-likeness (QED) is 0.445. The molecule has 0 fully saturated rings. The molecule has 1 heterocycles. The first-order valence-corrected chi connectivity index (χ1v) is 7.66. The van der Waals surface area contributed by atoms with Crippen molar-refractivity contribution in [2.75, 3.05) is 5.32 Å². The molecule has 1 aromatic heterocycles. The number of aromatic nitrogens is 2. The maximum absolute atomic E-state index is 11.4. The van der Waals surface area contributed by atoms with E-state index in [0.717, 1.165) is 12.1 Å². The van der Waals surface area contributed by atoms with Gasteiger partial charge in [0.1, 0.15) is 0 Å². The number of nitro groups is 1. The Hall–Kier alpha value is -3.17. The molecule has 132 valence electrons. The maximum atomic E-state index is 11.4. The third-order valence-corrected chi connectivity index (χ3v) is 4.12. The number of hydrogen-bond acceptors (Lipinski definition) is 7. The number of non-ortho nitro benzene ring substituents is 1. The van der Waals surface area contributed by atoms with Gasteiger partial charge in [0.05, 0.1) is 31.4 Å². The third kappa shape index (κ3) is 3.30. The van der Waals surface area contributed by atoms with Crippen molar-refractivity contribution in [3.8, 4) is 5.88 Å². The number of fused-ring (bicyclic) bond motifs is 1. The van der Waals surface area contributed by atoms with Crippen LogP contribution in [0, 0.1) is 10.1 Å². The van der Waals surface area contributed by atoms with Crippen LogP contribution in [0.5, 0.6) is 5.88 Å². The summed E-state index contributed by atoms with van der Waals surface area (Å²) in [6.45, 7) is 0. The Morgan fingerprint density at radius 2 is 1.88 bits per heavy atom. The lowest BCUT2D eigenvalue weighted by Gasteiger charge is -2.09. The first-order valence-electron chi connectivity index (χ1n) is 6.91. The Bertz CT molecular complexity index is 1070. The van der Waals surface area contributed by atoms with Crippen LogP contribution in [0.3, 0.4) is 0 Å². The highest BCUT2D eigenvalue weighted by molar-refractivity contribution is 6.42. The number of anilines is 2. The summed E-state index contributed by atoms with van der Waals surface area (Å²) in [4.78, 5) is 29.5. The zero-order chi connectivity index (χ0) is 19.0. The van der Waals surface area contributed by atoms with E-state index in [1.807, 2.05) is 0 Å². The lowest BCUT2D eigenvalue weighted by molar-refractivity contribution is -0.384. The number of rotatable bonds is 4. The Morgan fingerprint density at radius 3 is 2.50 bits per heavy atom. The molecule has 2 aromatic carbocycles. The summed E-state index contributed by atoms with van der Waals surface area (Å²) in [6, 6.07) is 6.45. The summed E-state index contributed by atoms with van der Waals surface area (Å²) in [6.07, 6.45) is 0. The minimum Gasteiger partial charge on any atom is -0.493 e. The second kappa shape index (κ2) is 6.62. The van der Waals surface area contributed by atoms with Gasteiger partial charge in [-0.25, -0.2) is 9.78 Å². The van der Waals surface area contributed by atoms with Gasteiger partial charge in [0, 0.05) is 17.8 Å². The summed E-state index contributed by atoms with van der Waals surface area (Å²) in [5, 5.41) is 33.6. The third-order valence-electron chi connectivity index (χ3n) is 3.38. The first-order chi connectivity index (χ1) is 12.3. The van der Waals surface area contributed by atoms with Crippen molar-refractivity contribution in [1.29, 1.82) is 0 Å². The molecule has 0 amide bonds. The van der Waals surface area contributed by atoms with Crippen LogP contribution in [0.4, 0.5) is 17.3 Å². The van der Waals surface area contributed by atoms with Crippen molar-refractivity contribution >= 4 is 57.4 Å². The topological polar surface area (TPSA) is 138 Å². The summed E-state index contributed by atoms with van der Waals surface area (Å²) in [5.41, 5.74) is -0.654. The highest BCUT2D eigenvalue weighted by Crippen LogP contribution is 2.32. The van der Waals surface area contributed by atoms with E-state index < -0.39 is 28.0 Å². The van der Waals surface area contributed by atoms with Crippen LogP contribution in [0.2, 0.25) is 10.0 Å². The minimum atomic E-state index is -1.43. The standard InChI is InChI=1S/C15H8Cl2N4O5/c16-10-2-1-6(3-11(10)17)18-15-19-12-8(13(22)20-15)4-7(21(25)26)5-9(12)14(23)24/h1-5H,(H,23,24)(H2,18,19,20,22). The number of aromatic hydroxyl groups is 1. The van der Waals surface area contributed by atoms with Gasteiger partial charge < -0.3 is 15.5 Å². The molecule has 0 unspecified atom stereocenters. The number of nitrogens with one attached hydrogen (secondary N) is 1. The number of halogens is 2. The Morgan fingerprint density at radius 1 is 1.15 bits per heavy atom. The molecule has 0 bridgehead atoms. The zero-order valence-electron chi connectivity index (χ0n) is 12.6. The van der Waals surface area contributed by atoms with Crippen LogP contribution in [0.15, 0.2) is 30.3 Å². The van der Waals surface area contributed by atoms with E-state index in [0.29, 0.717) is 10.7 Å². The average Bonchev–Trinajstić information content (AvgIpc) is 2.57. The molecule has 0 saturated carbocycles. The molecule has 0 aliphatic heterocycles. The molecule has 3 rings (SSSR count). The molecule has 0 aliphatic rings. The van der Waals surface area contributed by atoms with Crippen molar-refractivity contribution in [1.82, 2.24) is 9.97 Å². The number of carboxylic acids is 1. The Kier molecular flexibility index (Phi) is 4.49. The molecular weight excluding hydrogens is 387 g/mol. The summed E-state index contributed by atoms with van der Waals surface area (Å²) < 4.78 is 0. The molecule has 0 aliphatic carbocycles. The van der Waals surface area contributed by atoms with Gasteiger partial charge in [-0.1, -0.05) is 23.2 Å². The molecule has 0 radical (unpaired) electrons. The molecule has 3 N–H and O–H groups in total. The fourth-order valence-electron chi connectivity index (χ4n) is 2.23. The van der Waals surface area contributed by atoms with Crippen molar-refractivity contribution in [3.05, 3.63) is 56.1 Å². The fraction of sp³-hybridized carbons (Fsp3) is 0. The highest BCUT2D eigenvalue weighted by Gasteiger charge is 2.21.